The van der Waals surface area contributed by atoms with Crippen LogP contribution in [0.5, 0.6) is 5.75 Å². The van der Waals surface area contributed by atoms with Gasteiger partial charge in [-0.15, -0.1) is 0 Å². The first kappa shape index (κ1) is 14.7. The van der Waals surface area contributed by atoms with Gasteiger partial charge in [0.25, 0.3) is 10.0 Å². The highest BCUT2D eigenvalue weighted by Gasteiger charge is 2.21. The van der Waals surface area contributed by atoms with Gasteiger partial charge >= 0.3 is 0 Å². The van der Waals surface area contributed by atoms with E-state index in [0.29, 0.717) is 10.2 Å². The molecule has 0 saturated carbocycles. The molecule has 0 aliphatic carbocycles. The van der Waals surface area contributed by atoms with E-state index >= 15 is 0 Å². The molecule has 2 aromatic rings. The normalized spacial score (nSPS) is 11.2. The Morgan fingerprint density at radius 1 is 1.30 bits per heavy atom. The molecule has 1 heterocycles. The number of halogens is 1. The number of aromatic nitrogens is 2. The van der Waals surface area contributed by atoms with E-state index in [-0.39, 0.29) is 16.6 Å². The Morgan fingerprint density at radius 2 is 2.05 bits per heavy atom. The van der Waals surface area contributed by atoms with Gasteiger partial charge in [-0.25, -0.2) is 23.1 Å². The minimum atomic E-state index is -3.83. The van der Waals surface area contributed by atoms with E-state index in [1.54, 1.807) is 25.1 Å². The largest absolute Gasteiger partial charge is 0.495 e. The molecule has 0 spiro atoms. The van der Waals surface area contributed by atoms with Gasteiger partial charge in [-0.3, -0.25) is 0 Å². The molecule has 0 amide bonds. The molecular weight excluding hydrogens is 346 g/mol. The van der Waals surface area contributed by atoms with Crippen LogP contribution in [0, 0.1) is 6.92 Å². The van der Waals surface area contributed by atoms with Crippen LogP contribution in [0.1, 0.15) is 5.69 Å². The van der Waals surface area contributed by atoms with Crippen LogP contribution in [-0.2, 0) is 10.0 Å². The van der Waals surface area contributed by atoms with Crippen molar-refractivity contribution in [3.8, 4) is 5.75 Å². The monoisotopic (exact) mass is 357 g/mol. The standard InChI is InChI=1S/C12H12BrN3O3S/c1-8-5-6-14-12(15-8)16-20(17,18)11-7-9(13)3-4-10(11)19-2/h3-7H,1-2H3,(H,14,15,16). The van der Waals surface area contributed by atoms with Crippen LogP contribution < -0.4 is 9.46 Å². The number of hydrogen-bond donors (Lipinski definition) is 1. The highest BCUT2D eigenvalue weighted by molar-refractivity contribution is 9.10. The van der Waals surface area contributed by atoms with Crippen LogP contribution in [0.4, 0.5) is 5.95 Å². The fourth-order valence-corrected chi connectivity index (χ4v) is 3.19. The summed E-state index contributed by atoms with van der Waals surface area (Å²) in [7, 11) is -2.42. The lowest BCUT2D eigenvalue weighted by atomic mass is 10.3. The zero-order valence-electron chi connectivity index (χ0n) is 10.8. The Kier molecular flexibility index (Phi) is 4.24. The van der Waals surface area contributed by atoms with Crippen LogP contribution in [0.15, 0.2) is 39.8 Å². The molecule has 1 aromatic carbocycles. The Hall–Kier alpha value is -1.67. The zero-order valence-corrected chi connectivity index (χ0v) is 13.2. The smallest absolute Gasteiger partial charge is 0.267 e. The number of methoxy groups -OCH3 is 1. The summed E-state index contributed by atoms with van der Waals surface area (Å²) in [6, 6.07) is 6.39. The molecule has 0 radical (unpaired) electrons. The summed E-state index contributed by atoms with van der Waals surface area (Å²) in [4.78, 5) is 7.90. The van der Waals surface area contributed by atoms with E-state index in [4.69, 9.17) is 4.74 Å². The number of aryl methyl sites for hydroxylation is 1. The summed E-state index contributed by atoms with van der Waals surface area (Å²) < 4.78 is 32.7. The molecular formula is C12H12BrN3O3S. The quantitative estimate of drug-likeness (QED) is 0.908. The van der Waals surface area contributed by atoms with Crippen molar-refractivity contribution in [2.45, 2.75) is 11.8 Å². The average molecular weight is 358 g/mol. The summed E-state index contributed by atoms with van der Waals surface area (Å²) in [6.07, 6.45) is 1.48. The van der Waals surface area contributed by atoms with Gasteiger partial charge < -0.3 is 4.74 Å². The molecule has 6 nitrogen and oxygen atoms in total. The third-order valence-corrected chi connectivity index (χ3v) is 4.28. The molecule has 0 unspecified atom stereocenters. The van der Waals surface area contributed by atoms with Gasteiger partial charge in [0.1, 0.15) is 10.6 Å². The average Bonchev–Trinajstić information content (AvgIpc) is 2.38. The maximum atomic E-state index is 12.4. The molecule has 106 valence electrons. The van der Waals surface area contributed by atoms with Crippen molar-refractivity contribution < 1.29 is 13.2 Å². The van der Waals surface area contributed by atoms with Gasteiger partial charge in [0.2, 0.25) is 5.95 Å². The molecule has 2 rings (SSSR count). The Labute approximate surface area is 125 Å². The van der Waals surface area contributed by atoms with Crippen LogP contribution in [-0.4, -0.2) is 25.5 Å². The van der Waals surface area contributed by atoms with Crippen molar-refractivity contribution >= 4 is 31.9 Å². The number of hydrogen-bond acceptors (Lipinski definition) is 5. The first-order valence-electron chi connectivity index (χ1n) is 5.58. The van der Waals surface area contributed by atoms with Gasteiger partial charge in [0, 0.05) is 16.4 Å². The van der Waals surface area contributed by atoms with Gasteiger partial charge in [0.05, 0.1) is 7.11 Å². The Bertz CT molecular complexity index is 734. The molecule has 1 aromatic heterocycles. The number of nitrogens with one attached hydrogen (secondary N) is 1. The first-order chi connectivity index (χ1) is 9.42. The number of nitrogens with zero attached hydrogens (tertiary/aromatic N) is 2. The highest BCUT2D eigenvalue weighted by atomic mass is 79.9. The first-order valence-corrected chi connectivity index (χ1v) is 7.86. The van der Waals surface area contributed by atoms with Gasteiger partial charge in [-0.1, -0.05) is 15.9 Å². The molecule has 20 heavy (non-hydrogen) atoms. The minimum Gasteiger partial charge on any atom is -0.495 e. The van der Waals surface area contributed by atoms with Crippen molar-refractivity contribution in [1.29, 1.82) is 0 Å². The number of rotatable bonds is 4. The lowest BCUT2D eigenvalue weighted by molar-refractivity contribution is 0.403. The van der Waals surface area contributed by atoms with Crippen LogP contribution in [0.3, 0.4) is 0 Å². The van der Waals surface area contributed by atoms with E-state index in [1.165, 1.54) is 19.4 Å². The second kappa shape index (κ2) is 5.76. The van der Waals surface area contributed by atoms with Crippen molar-refractivity contribution in [2.24, 2.45) is 0 Å². The van der Waals surface area contributed by atoms with E-state index in [9.17, 15) is 8.42 Å². The lowest BCUT2D eigenvalue weighted by Crippen LogP contribution is -2.16. The number of benzene rings is 1. The Balaban J connectivity index is 2.43. The van der Waals surface area contributed by atoms with Gasteiger partial charge in [-0.05, 0) is 31.2 Å². The van der Waals surface area contributed by atoms with Crippen molar-refractivity contribution in [3.05, 3.63) is 40.6 Å². The van der Waals surface area contributed by atoms with E-state index in [2.05, 4.69) is 30.6 Å². The van der Waals surface area contributed by atoms with Crippen LogP contribution in [0.25, 0.3) is 0 Å². The third-order valence-electron chi connectivity index (χ3n) is 2.44. The number of ether oxygens (including phenoxy) is 1. The van der Waals surface area contributed by atoms with Crippen molar-refractivity contribution in [1.82, 2.24) is 9.97 Å². The maximum Gasteiger partial charge on any atom is 0.267 e. The number of anilines is 1. The zero-order chi connectivity index (χ0) is 14.8. The second-order valence-corrected chi connectivity index (χ2v) is 6.49. The van der Waals surface area contributed by atoms with Crippen molar-refractivity contribution in [2.75, 3.05) is 11.8 Å². The van der Waals surface area contributed by atoms with E-state index < -0.39 is 10.0 Å². The highest BCUT2D eigenvalue weighted by Crippen LogP contribution is 2.28. The molecule has 0 bridgehead atoms. The maximum absolute atomic E-state index is 12.4. The molecule has 0 saturated heterocycles. The second-order valence-electron chi connectivity index (χ2n) is 3.92. The summed E-state index contributed by atoms with van der Waals surface area (Å²) in [5, 5.41) is 0. The lowest BCUT2D eigenvalue weighted by Gasteiger charge is -2.11. The van der Waals surface area contributed by atoms with E-state index in [1.807, 2.05) is 0 Å². The Morgan fingerprint density at radius 3 is 2.70 bits per heavy atom. The molecule has 0 fully saturated rings. The van der Waals surface area contributed by atoms with Gasteiger partial charge in [0.15, 0.2) is 0 Å². The van der Waals surface area contributed by atoms with Crippen molar-refractivity contribution in [3.63, 3.8) is 0 Å². The fourth-order valence-electron chi connectivity index (χ4n) is 1.53. The summed E-state index contributed by atoms with van der Waals surface area (Å²) >= 11 is 3.24. The predicted octanol–water partition coefficient (Wildman–Crippen LogP) is 2.36. The summed E-state index contributed by atoms with van der Waals surface area (Å²) in [6.45, 7) is 1.75. The van der Waals surface area contributed by atoms with Gasteiger partial charge in [-0.2, -0.15) is 0 Å². The topological polar surface area (TPSA) is 81.2 Å². The molecule has 1 N–H and O–H groups in total. The van der Waals surface area contributed by atoms with E-state index in [0.717, 1.165) is 0 Å². The van der Waals surface area contributed by atoms with Crippen LogP contribution in [0.2, 0.25) is 0 Å². The SMILES string of the molecule is COc1ccc(Br)cc1S(=O)(=O)Nc1nccc(C)n1. The molecule has 8 heteroatoms. The van der Waals surface area contributed by atoms with Crippen LogP contribution >= 0.6 is 15.9 Å². The fraction of sp³-hybridized carbons (Fsp3) is 0.167. The molecule has 0 aliphatic rings. The molecule has 0 aliphatic heterocycles. The minimum absolute atomic E-state index is 0.0134. The summed E-state index contributed by atoms with van der Waals surface area (Å²) in [5.74, 6) is 0.264. The molecule has 0 atom stereocenters. The summed E-state index contributed by atoms with van der Waals surface area (Å²) in [5.41, 5.74) is 0.666. The third kappa shape index (κ3) is 3.26. The predicted molar refractivity (Wildman–Crippen MR) is 78.3 cm³/mol. The number of sulfonamides is 1.